The fourth-order valence-electron chi connectivity index (χ4n) is 11.9. The molecule has 0 radical (unpaired) electrons. The van der Waals surface area contributed by atoms with Crippen LogP contribution >= 0.6 is 0 Å². The summed E-state index contributed by atoms with van der Waals surface area (Å²) in [6.07, 6.45) is 28.1. The molecule has 5 nitrogen and oxygen atoms in total. The maximum absolute atomic E-state index is 5.59. The molecule has 4 unspecified atom stereocenters. The Kier molecular flexibility index (Phi) is 8.12. The zero-order valence-electron chi connectivity index (χ0n) is 35.9. The number of rotatable bonds is 5. The van der Waals surface area contributed by atoms with Crippen molar-refractivity contribution in [2.24, 2.45) is 0 Å². The van der Waals surface area contributed by atoms with Gasteiger partial charge < -0.3 is 14.4 Å². The summed E-state index contributed by atoms with van der Waals surface area (Å²) in [5, 5.41) is 4.62. The van der Waals surface area contributed by atoms with Crippen LogP contribution in [0.4, 0.5) is 23.0 Å². The predicted octanol–water partition coefficient (Wildman–Crippen LogP) is 12.5. The Morgan fingerprint density at radius 1 is 0.538 bits per heavy atom. The summed E-state index contributed by atoms with van der Waals surface area (Å²) in [5.41, 5.74) is 17.6. The Morgan fingerprint density at radius 2 is 1.26 bits per heavy atom. The van der Waals surface area contributed by atoms with Crippen LogP contribution in [0.3, 0.4) is 0 Å². The fourth-order valence-corrected chi connectivity index (χ4v) is 11.9. The molecule has 6 aromatic carbocycles. The van der Waals surface area contributed by atoms with Gasteiger partial charge in [-0.2, -0.15) is 0 Å². The van der Waals surface area contributed by atoms with E-state index in [2.05, 4.69) is 215 Å². The summed E-state index contributed by atoms with van der Waals surface area (Å²) < 4.78 is 2.39. The van der Waals surface area contributed by atoms with E-state index < -0.39 is 0 Å². The van der Waals surface area contributed by atoms with Crippen LogP contribution in [-0.4, -0.2) is 26.6 Å². The van der Waals surface area contributed by atoms with E-state index in [4.69, 9.17) is 9.97 Å². The highest BCUT2D eigenvalue weighted by atomic mass is 15.3. The van der Waals surface area contributed by atoms with Crippen molar-refractivity contribution in [2.75, 3.05) is 9.80 Å². The monoisotopic (exact) mass is 835 g/mol. The van der Waals surface area contributed by atoms with Gasteiger partial charge in [-0.15, -0.1) is 0 Å². The summed E-state index contributed by atoms with van der Waals surface area (Å²) in [5.74, 6) is 1.15. The number of anilines is 4. The molecule has 0 amide bonds. The lowest BCUT2D eigenvalue weighted by Gasteiger charge is -2.31. The first kappa shape index (κ1) is 36.7. The van der Waals surface area contributed by atoms with Crippen LogP contribution in [0.15, 0.2) is 193 Å². The van der Waals surface area contributed by atoms with Gasteiger partial charge in [0.25, 0.3) is 0 Å². The Labute approximate surface area is 378 Å². The normalized spacial score (nSPS) is 20.9. The van der Waals surface area contributed by atoms with Crippen LogP contribution in [0.1, 0.15) is 53.4 Å². The van der Waals surface area contributed by atoms with E-state index in [1.165, 1.54) is 72.3 Å². The molecule has 0 saturated heterocycles. The van der Waals surface area contributed by atoms with Crippen molar-refractivity contribution in [2.45, 2.75) is 49.6 Å². The molecule has 4 aliphatic carbocycles. The molecule has 0 spiro atoms. The summed E-state index contributed by atoms with van der Waals surface area (Å²) in [6, 6.07) is 51.1. The molecule has 8 aromatic rings. The van der Waals surface area contributed by atoms with Crippen molar-refractivity contribution in [3.05, 3.63) is 226 Å². The largest absolute Gasteiger partial charge is 0.333 e. The first-order valence-corrected chi connectivity index (χ1v) is 23.3. The molecule has 0 bridgehead atoms. The highest BCUT2D eigenvalue weighted by molar-refractivity contribution is 6.10. The first-order chi connectivity index (χ1) is 32.2. The summed E-state index contributed by atoms with van der Waals surface area (Å²) in [4.78, 5) is 16.0. The average molecular weight is 836 g/mol. The van der Waals surface area contributed by atoms with Crippen molar-refractivity contribution in [1.29, 1.82) is 0 Å². The molecule has 2 aliphatic heterocycles. The Balaban J connectivity index is 0.868. The maximum atomic E-state index is 5.59. The zero-order valence-corrected chi connectivity index (χ0v) is 35.9. The van der Waals surface area contributed by atoms with Crippen molar-refractivity contribution in [1.82, 2.24) is 14.5 Å². The van der Waals surface area contributed by atoms with E-state index >= 15 is 0 Å². The molecule has 2 aromatic heterocycles. The predicted molar refractivity (Wildman–Crippen MR) is 268 cm³/mol. The summed E-state index contributed by atoms with van der Waals surface area (Å²) in [6.45, 7) is 0. The number of para-hydroxylation sites is 4. The Hall–Kier alpha value is -7.76. The van der Waals surface area contributed by atoms with Crippen LogP contribution in [-0.2, 0) is 6.42 Å². The molecule has 6 aliphatic rings. The van der Waals surface area contributed by atoms with Crippen molar-refractivity contribution < 1.29 is 0 Å². The third kappa shape index (κ3) is 5.58. The number of nitrogens with zero attached hydrogens (tertiary/aromatic N) is 5. The lowest BCUT2D eigenvalue weighted by molar-refractivity contribution is 0.718. The number of allylic oxidation sites excluding steroid dienone is 5. The van der Waals surface area contributed by atoms with E-state index in [9.17, 15) is 0 Å². The zero-order chi connectivity index (χ0) is 42.6. The van der Waals surface area contributed by atoms with E-state index in [1.807, 2.05) is 0 Å². The molecular formula is C60H45N5. The van der Waals surface area contributed by atoms with E-state index in [-0.39, 0.29) is 23.9 Å². The number of benzene rings is 6. The Morgan fingerprint density at radius 3 is 2.12 bits per heavy atom. The lowest BCUT2D eigenvalue weighted by Crippen LogP contribution is -2.38. The minimum absolute atomic E-state index is 0.0400. The summed E-state index contributed by atoms with van der Waals surface area (Å²) in [7, 11) is 0. The maximum Gasteiger partial charge on any atom is 0.231 e. The highest BCUT2D eigenvalue weighted by Gasteiger charge is 2.43. The lowest BCUT2D eigenvalue weighted by atomic mass is 9.79. The molecule has 0 N–H and O–H groups in total. The van der Waals surface area contributed by atoms with Crippen LogP contribution in [0.5, 0.6) is 0 Å². The molecular weight excluding hydrogens is 791 g/mol. The van der Waals surface area contributed by atoms with E-state index in [0.717, 1.165) is 59.1 Å². The van der Waals surface area contributed by atoms with Crippen LogP contribution in [0, 0.1) is 0 Å². The van der Waals surface area contributed by atoms with Gasteiger partial charge in [-0.05, 0) is 108 Å². The summed E-state index contributed by atoms with van der Waals surface area (Å²) >= 11 is 0. The van der Waals surface area contributed by atoms with Gasteiger partial charge in [0.05, 0.1) is 34.2 Å². The van der Waals surface area contributed by atoms with Crippen molar-refractivity contribution in [3.8, 4) is 16.9 Å². The molecule has 310 valence electrons. The smallest absolute Gasteiger partial charge is 0.231 e. The van der Waals surface area contributed by atoms with Gasteiger partial charge in [0, 0.05) is 56.1 Å². The average Bonchev–Trinajstić information content (AvgIpc) is 4.01. The number of fused-ring (bicyclic) bond motifs is 12. The molecule has 4 heterocycles. The van der Waals surface area contributed by atoms with Crippen molar-refractivity contribution in [3.63, 3.8) is 0 Å². The number of hydrogen-bond acceptors (Lipinski definition) is 4. The van der Waals surface area contributed by atoms with Gasteiger partial charge >= 0.3 is 0 Å². The Bertz CT molecular complexity index is 3590. The van der Waals surface area contributed by atoms with Gasteiger partial charge in [-0.3, -0.25) is 0 Å². The second-order valence-electron chi connectivity index (χ2n) is 18.2. The third-order valence-electron chi connectivity index (χ3n) is 14.7. The van der Waals surface area contributed by atoms with Gasteiger partial charge in [0.15, 0.2) is 0 Å². The molecule has 0 fully saturated rings. The number of aromatic nitrogens is 3. The van der Waals surface area contributed by atoms with E-state index in [0.29, 0.717) is 0 Å². The molecule has 65 heavy (non-hydrogen) atoms. The molecule has 4 atom stereocenters. The third-order valence-corrected chi connectivity index (χ3v) is 14.7. The fraction of sp³-hybridized carbons (Fsp3) is 0.133. The van der Waals surface area contributed by atoms with Crippen LogP contribution < -0.4 is 20.4 Å². The van der Waals surface area contributed by atoms with Gasteiger partial charge in [-0.25, -0.2) is 9.97 Å². The quantitative estimate of drug-likeness (QED) is 0.173. The highest BCUT2D eigenvalue weighted by Crippen LogP contribution is 2.53. The first-order valence-electron chi connectivity index (χ1n) is 23.3. The van der Waals surface area contributed by atoms with Gasteiger partial charge in [0.1, 0.15) is 0 Å². The second kappa shape index (κ2) is 14.4. The minimum Gasteiger partial charge on any atom is -0.333 e. The molecule has 5 heteroatoms. The van der Waals surface area contributed by atoms with Crippen LogP contribution in [0.25, 0.3) is 57.0 Å². The van der Waals surface area contributed by atoms with Gasteiger partial charge in [0.2, 0.25) is 5.95 Å². The van der Waals surface area contributed by atoms with E-state index in [1.54, 1.807) is 0 Å². The van der Waals surface area contributed by atoms with Gasteiger partial charge in [-0.1, -0.05) is 152 Å². The second-order valence-corrected chi connectivity index (χ2v) is 18.2. The minimum atomic E-state index is 0.0400. The molecule has 0 saturated carbocycles. The number of hydrogen-bond donors (Lipinski definition) is 0. The molecule has 14 rings (SSSR count). The topological polar surface area (TPSA) is 37.2 Å². The standard InChI is InChI=1S/C60H45N5/c1-3-16-42(17-4-1)63-55-33-30-40(36-50(55)58-44-20-8-7-15-38(44)28-34-56(58)63)39-29-32-54-49(35-39)46-22-11-14-26-53(46)65(54)60-61-51-24-12-9-23-48(51)59(62-60)41-27-31-47-45-21-10-13-25-52(45)64(57(47)37-41)43-18-5-2-6-19-43/h1-7,10-11,13-19,21-37,49-50,54-55H,8-9,12,20H2. The van der Waals surface area contributed by atoms with Crippen molar-refractivity contribution >= 4 is 63.0 Å². The van der Waals surface area contributed by atoms with Crippen LogP contribution in [0.2, 0.25) is 0 Å². The SMILES string of the molecule is C1=Cc2ccc3c(c2CC1)C1C=C(C2=CC4c5ccccc5N(c5nc(-c6ccc7c8ccccc8n(-c8ccccc8)c7c6)c6c(n5)=CCCC=6)C4C=C2)C=CC1N3c1ccccc1.